The molecule has 0 saturated heterocycles. The Morgan fingerprint density at radius 3 is 2.43 bits per heavy atom. The van der Waals surface area contributed by atoms with Crippen LogP contribution in [0.3, 0.4) is 0 Å². The quantitative estimate of drug-likeness (QED) is 0.393. The van der Waals surface area contributed by atoms with Crippen molar-refractivity contribution >= 4 is 17.5 Å². The number of amides is 1. The number of aryl methyl sites for hydroxylation is 2. The molecule has 1 amide bonds. The van der Waals surface area contributed by atoms with Crippen LogP contribution in [0.25, 0.3) is 16.9 Å². The molecule has 1 aliphatic rings. The highest BCUT2D eigenvalue weighted by Gasteiger charge is 2.22. The standard InChI is InChI=1S/C28H30N6O/c1-3-33(4-2)28(35)24-19-29-34(23-12-6-5-7-13-23)27(24)30-26-17-16-25(31-32-26)22-15-14-20-10-8-9-11-21(20)18-22/h5-7,12-19H,3-4,8-11H2,1-2H3,(H,30,32). The van der Waals surface area contributed by atoms with E-state index < -0.39 is 0 Å². The summed E-state index contributed by atoms with van der Waals surface area (Å²) in [6.45, 7) is 5.20. The molecule has 2 aromatic heterocycles. The number of anilines is 2. The maximum absolute atomic E-state index is 13.2. The van der Waals surface area contributed by atoms with Crippen molar-refractivity contribution in [1.82, 2.24) is 24.9 Å². The van der Waals surface area contributed by atoms with Gasteiger partial charge < -0.3 is 10.2 Å². The van der Waals surface area contributed by atoms with Crippen LogP contribution in [0.4, 0.5) is 11.6 Å². The third-order valence-electron chi connectivity index (χ3n) is 6.61. The Bertz CT molecular complexity index is 1310. The number of para-hydroxylation sites is 1. The van der Waals surface area contributed by atoms with E-state index >= 15 is 0 Å². The molecule has 4 aromatic rings. The van der Waals surface area contributed by atoms with Gasteiger partial charge in [-0.3, -0.25) is 4.79 Å². The van der Waals surface area contributed by atoms with E-state index in [0.29, 0.717) is 30.3 Å². The molecule has 7 heteroatoms. The zero-order valence-corrected chi connectivity index (χ0v) is 20.2. The van der Waals surface area contributed by atoms with Crippen LogP contribution < -0.4 is 5.32 Å². The lowest BCUT2D eigenvalue weighted by atomic mass is 9.90. The molecule has 0 radical (unpaired) electrons. The van der Waals surface area contributed by atoms with Crippen LogP contribution in [0, 0.1) is 0 Å². The molecule has 1 N–H and O–H groups in total. The van der Waals surface area contributed by atoms with Gasteiger partial charge in [-0.25, -0.2) is 4.68 Å². The lowest BCUT2D eigenvalue weighted by Gasteiger charge is -2.19. The normalized spacial score (nSPS) is 12.7. The highest BCUT2D eigenvalue weighted by atomic mass is 16.2. The molecule has 5 rings (SSSR count). The Balaban J connectivity index is 1.46. The zero-order chi connectivity index (χ0) is 24.2. The summed E-state index contributed by atoms with van der Waals surface area (Å²) >= 11 is 0. The summed E-state index contributed by atoms with van der Waals surface area (Å²) in [6, 6.07) is 20.2. The van der Waals surface area contributed by atoms with Crippen LogP contribution in [-0.4, -0.2) is 43.9 Å². The summed E-state index contributed by atoms with van der Waals surface area (Å²) in [7, 11) is 0. The predicted molar refractivity (Wildman–Crippen MR) is 138 cm³/mol. The number of hydrogen-bond donors (Lipinski definition) is 1. The van der Waals surface area contributed by atoms with Gasteiger partial charge in [-0.1, -0.05) is 30.3 Å². The monoisotopic (exact) mass is 466 g/mol. The van der Waals surface area contributed by atoms with E-state index in [0.717, 1.165) is 29.8 Å². The number of fused-ring (bicyclic) bond motifs is 1. The summed E-state index contributed by atoms with van der Waals surface area (Å²) in [5.41, 5.74) is 6.14. The van der Waals surface area contributed by atoms with Crippen molar-refractivity contribution < 1.29 is 4.79 Å². The number of aromatic nitrogens is 4. The maximum Gasteiger partial charge on any atom is 0.259 e. The van der Waals surface area contributed by atoms with Gasteiger partial charge in [0.2, 0.25) is 0 Å². The van der Waals surface area contributed by atoms with Crippen molar-refractivity contribution in [3.63, 3.8) is 0 Å². The van der Waals surface area contributed by atoms with Crippen LogP contribution in [0.1, 0.15) is 48.2 Å². The number of benzene rings is 2. The van der Waals surface area contributed by atoms with Crippen molar-refractivity contribution in [2.75, 3.05) is 18.4 Å². The first-order valence-electron chi connectivity index (χ1n) is 12.3. The second-order valence-electron chi connectivity index (χ2n) is 8.75. The average Bonchev–Trinajstić information content (AvgIpc) is 3.33. The third kappa shape index (κ3) is 4.67. The molecule has 1 aliphatic carbocycles. The number of nitrogens with one attached hydrogen (secondary N) is 1. The minimum absolute atomic E-state index is 0.0710. The molecule has 0 spiro atoms. The van der Waals surface area contributed by atoms with E-state index in [2.05, 4.69) is 38.8 Å². The van der Waals surface area contributed by atoms with Crippen molar-refractivity contribution in [2.45, 2.75) is 39.5 Å². The van der Waals surface area contributed by atoms with Gasteiger partial charge >= 0.3 is 0 Å². The van der Waals surface area contributed by atoms with Gasteiger partial charge in [0.15, 0.2) is 5.82 Å². The van der Waals surface area contributed by atoms with Crippen molar-refractivity contribution in [2.24, 2.45) is 0 Å². The molecular formula is C28H30N6O. The SMILES string of the molecule is CCN(CC)C(=O)c1cnn(-c2ccccc2)c1Nc1ccc(-c2ccc3c(c2)CCCC3)nn1. The number of carbonyl (C=O) groups is 1. The van der Waals surface area contributed by atoms with Gasteiger partial charge in [0, 0.05) is 18.7 Å². The van der Waals surface area contributed by atoms with Gasteiger partial charge in [-0.15, -0.1) is 10.2 Å². The van der Waals surface area contributed by atoms with Crippen molar-refractivity contribution in [3.8, 4) is 16.9 Å². The summed E-state index contributed by atoms with van der Waals surface area (Å²) in [4.78, 5) is 15.0. The molecule has 2 aromatic carbocycles. The first-order valence-corrected chi connectivity index (χ1v) is 12.3. The molecule has 0 unspecified atom stereocenters. The maximum atomic E-state index is 13.2. The Kier molecular flexibility index (Phi) is 6.57. The molecule has 0 bridgehead atoms. The zero-order valence-electron chi connectivity index (χ0n) is 20.2. The first-order chi connectivity index (χ1) is 17.2. The second-order valence-corrected chi connectivity index (χ2v) is 8.75. The number of carbonyl (C=O) groups excluding carboxylic acids is 1. The first kappa shape index (κ1) is 22.8. The fraction of sp³-hybridized carbons (Fsp3) is 0.286. The molecular weight excluding hydrogens is 436 g/mol. The van der Waals surface area contributed by atoms with E-state index in [9.17, 15) is 4.79 Å². The van der Waals surface area contributed by atoms with Crippen LogP contribution in [0.15, 0.2) is 66.9 Å². The minimum atomic E-state index is -0.0710. The molecule has 0 atom stereocenters. The van der Waals surface area contributed by atoms with Crippen LogP contribution in [0.2, 0.25) is 0 Å². The summed E-state index contributed by atoms with van der Waals surface area (Å²) < 4.78 is 1.73. The van der Waals surface area contributed by atoms with E-state index in [1.807, 2.05) is 56.3 Å². The highest BCUT2D eigenvalue weighted by molar-refractivity contribution is 5.99. The molecule has 35 heavy (non-hydrogen) atoms. The van der Waals surface area contributed by atoms with Gasteiger partial charge in [-0.05, 0) is 81.0 Å². The van der Waals surface area contributed by atoms with E-state index in [1.165, 1.54) is 24.0 Å². The Morgan fingerprint density at radius 2 is 1.71 bits per heavy atom. The predicted octanol–water partition coefficient (Wildman–Crippen LogP) is 5.43. The van der Waals surface area contributed by atoms with Crippen LogP contribution in [-0.2, 0) is 12.8 Å². The summed E-state index contributed by atoms with van der Waals surface area (Å²) in [5, 5.41) is 16.8. The average molecular weight is 467 g/mol. The van der Waals surface area contributed by atoms with Crippen molar-refractivity contribution in [1.29, 1.82) is 0 Å². The Labute approximate surface area is 205 Å². The summed E-state index contributed by atoms with van der Waals surface area (Å²) in [6.07, 6.45) is 6.42. The third-order valence-corrected chi connectivity index (χ3v) is 6.61. The molecule has 0 fully saturated rings. The molecule has 0 saturated carbocycles. The summed E-state index contributed by atoms with van der Waals surface area (Å²) in [5.74, 6) is 1.06. The Morgan fingerprint density at radius 1 is 0.943 bits per heavy atom. The van der Waals surface area contributed by atoms with Crippen LogP contribution in [0.5, 0.6) is 0 Å². The van der Waals surface area contributed by atoms with Gasteiger partial charge in [0.1, 0.15) is 11.4 Å². The van der Waals surface area contributed by atoms with Gasteiger partial charge in [0.25, 0.3) is 5.91 Å². The smallest absolute Gasteiger partial charge is 0.259 e. The van der Waals surface area contributed by atoms with Gasteiger partial charge in [-0.2, -0.15) is 5.10 Å². The Hall–Kier alpha value is -4.00. The van der Waals surface area contributed by atoms with E-state index in [4.69, 9.17) is 0 Å². The fourth-order valence-electron chi connectivity index (χ4n) is 4.64. The molecule has 7 nitrogen and oxygen atoms in total. The van der Waals surface area contributed by atoms with Gasteiger partial charge in [0.05, 0.1) is 17.6 Å². The minimum Gasteiger partial charge on any atom is -0.339 e. The molecule has 2 heterocycles. The lowest BCUT2D eigenvalue weighted by molar-refractivity contribution is 0.0774. The van der Waals surface area contributed by atoms with E-state index in [-0.39, 0.29) is 5.91 Å². The molecule has 178 valence electrons. The topological polar surface area (TPSA) is 75.9 Å². The van der Waals surface area contributed by atoms with Crippen LogP contribution >= 0.6 is 0 Å². The molecule has 0 aliphatic heterocycles. The number of rotatable bonds is 7. The van der Waals surface area contributed by atoms with Crippen molar-refractivity contribution in [3.05, 3.63) is 83.6 Å². The largest absolute Gasteiger partial charge is 0.339 e. The second kappa shape index (κ2) is 10.1. The fourth-order valence-corrected chi connectivity index (χ4v) is 4.64. The number of nitrogens with zero attached hydrogens (tertiary/aromatic N) is 5. The highest BCUT2D eigenvalue weighted by Crippen LogP contribution is 2.28. The number of hydrogen-bond acceptors (Lipinski definition) is 5. The lowest BCUT2D eigenvalue weighted by Crippen LogP contribution is -2.30. The van der Waals surface area contributed by atoms with E-state index in [1.54, 1.807) is 15.8 Å².